The standard InChI is InChI=1S/C21H32N2O2/c1-22(18-12-10-16(15-24)11-13-18)14-21(25)23(2)20-9-5-7-17-6-3-4-8-19(17)20/h3-4,6,8,16,18,20,24H,5,7,9-15H2,1-2H3. The first kappa shape index (κ1) is 18.4. The number of benzene rings is 1. The van der Waals surface area contributed by atoms with Gasteiger partial charge in [-0.15, -0.1) is 0 Å². The van der Waals surface area contributed by atoms with Crippen molar-refractivity contribution < 1.29 is 9.90 Å². The van der Waals surface area contributed by atoms with Crippen molar-refractivity contribution >= 4 is 5.91 Å². The first-order valence-corrected chi connectivity index (χ1v) is 9.74. The molecule has 0 spiro atoms. The predicted molar refractivity (Wildman–Crippen MR) is 100 cm³/mol. The molecule has 1 saturated carbocycles. The number of likely N-dealkylation sites (N-methyl/N-ethyl adjacent to an activating group) is 2. The Morgan fingerprint density at radius 1 is 1.12 bits per heavy atom. The van der Waals surface area contributed by atoms with Crippen molar-refractivity contribution in [2.75, 3.05) is 27.2 Å². The molecule has 1 fully saturated rings. The fraction of sp³-hybridized carbons (Fsp3) is 0.667. The van der Waals surface area contributed by atoms with Crippen LogP contribution in [-0.2, 0) is 11.2 Å². The lowest BCUT2D eigenvalue weighted by molar-refractivity contribution is -0.134. The highest BCUT2D eigenvalue weighted by Gasteiger charge is 2.29. The summed E-state index contributed by atoms with van der Waals surface area (Å²) in [5.74, 6) is 0.676. The van der Waals surface area contributed by atoms with Gasteiger partial charge in [-0.25, -0.2) is 0 Å². The van der Waals surface area contributed by atoms with Gasteiger partial charge in [0.15, 0.2) is 0 Å². The topological polar surface area (TPSA) is 43.8 Å². The highest BCUT2D eigenvalue weighted by molar-refractivity contribution is 5.78. The summed E-state index contributed by atoms with van der Waals surface area (Å²) in [5, 5.41) is 9.28. The molecule has 0 aliphatic heterocycles. The minimum absolute atomic E-state index is 0.216. The van der Waals surface area contributed by atoms with Crippen LogP contribution < -0.4 is 0 Å². The number of amides is 1. The van der Waals surface area contributed by atoms with Crippen LogP contribution in [0.1, 0.15) is 55.7 Å². The molecule has 25 heavy (non-hydrogen) atoms. The molecule has 1 amide bonds. The van der Waals surface area contributed by atoms with Crippen LogP contribution in [0.2, 0.25) is 0 Å². The van der Waals surface area contributed by atoms with Gasteiger partial charge in [0.2, 0.25) is 5.91 Å². The van der Waals surface area contributed by atoms with E-state index in [9.17, 15) is 9.90 Å². The third-order valence-electron chi connectivity index (χ3n) is 6.28. The fourth-order valence-electron chi connectivity index (χ4n) is 4.53. The minimum Gasteiger partial charge on any atom is -0.396 e. The number of carbonyl (C=O) groups is 1. The summed E-state index contributed by atoms with van der Waals surface area (Å²) in [7, 11) is 4.04. The molecular formula is C21H32N2O2. The van der Waals surface area contributed by atoms with Crippen molar-refractivity contribution in [1.82, 2.24) is 9.80 Å². The predicted octanol–water partition coefficient (Wildman–Crippen LogP) is 3.01. The number of fused-ring (bicyclic) bond motifs is 1. The zero-order chi connectivity index (χ0) is 17.8. The van der Waals surface area contributed by atoms with E-state index in [1.807, 2.05) is 11.9 Å². The highest BCUT2D eigenvalue weighted by atomic mass is 16.3. The molecule has 2 aliphatic carbocycles. The molecule has 138 valence electrons. The summed E-state index contributed by atoms with van der Waals surface area (Å²) in [6, 6.07) is 9.25. The van der Waals surface area contributed by atoms with E-state index in [0.717, 1.165) is 44.9 Å². The molecule has 0 saturated heterocycles. The summed E-state index contributed by atoms with van der Waals surface area (Å²) in [6.45, 7) is 0.794. The third kappa shape index (κ3) is 4.24. The van der Waals surface area contributed by atoms with Gasteiger partial charge < -0.3 is 10.0 Å². The molecule has 1 aromatic rings. The van der Waals surface area contributed by atoms with Crippen molar-refractivity contribution in [3.05, 3.63) is 35.4 Å². The first-order chi connectivity index (χ1) is 12.1. The monoisotopic (exact) mass is 344 g/mol. The molecule has 0 heterocycles. The van der Waals surface area contributed by atoms with E-state index in [0.29, 0.717) is 25.1 Å². The number of aliphatic hydroxyl groups is 1. The van der Waals surface area contributed by atoms with Gasteiger partial charge in [-0.05, 0) is 69.0 Å². The van der Waals surface area contributed by atoms with Crippen molar-refractivity contribution in [2.45, 2.75) is 57.0 Å². The van der Waals surface area contributed by atoms with Crippen LogP contribution in [0.5, 0.6) is 0 Å². The summed E-state index contributed by atoms with van der Waals surface area (Å²) < 4.78 is 0. The zero-order valence-electron chi connectivity index (χ0n) is 15.7. The molecule has 1 unspecified atom stereocenters. The van der Waals surface area contributed by atoms with Crippen LogP contribution in [-0.4, -0.2) is 54.1 Å². The average molecular weight is 344 g/mol. The number of carbonyl (C=O) groups excluding carboxylic acids is 1. The first-order valence-electron chi connectivity index (χ1n) is 9.74. The van der Waals surface area contributed by atoms with E-state index in [1.165, 1.54) is 11.1 Å². The summed E-state index contributed by atoms with van der Waals surface area (Å²) >= 11 is 0. The smallest absolute Gasteiger partial charge is 0.237 e. The second-order valence-corrected chi connectivity index (χ2v) is 7.88. The van der Waals surface area contributed by atoms with E-state index in [1.54, 1.807) is 0 Å². The maximum atomic E-state index is 12.9. The summed E-state index contributed by atoms with van der Waals surface area (Å²) in [6.07, 6.45) is 7.67. The molecule has 0 aromatic heterocycles. The van der Waals surface area contributed by atoms with Gasteiger partial charge in [0.05, 0.1) is 12.6 Å². The van der Waals surface area contributed by atoms with Crippen molar-refractivity contribution in [1.29, 1.82) is 0 Å². The molecular weight excluding hydrogens is 312 g/mol. The van der Waals surface area contributed by atoms with Crippen LogP contribution >= 0.6 is 0 Å². The molecule has 2 aliphatic rings. The third-order valence-corrected chi connectivity index (χ3v) is 6.28. The van der Waals surface area contributed by atoms with Crippen molar-refractivity contribution in [3.8, 4) is 0 Å². The molecule has 1 N–H and O–H groups in total. The zero-order valence-corrected chi connectivity index (χ0v) is 15.7. The Bertz CT molecular complexity index is 581. The molecule has 1 atom stereocenters. The number of aliphatic hydroxyl groups excluding tert-OH is 1. The molecule has 4 nitrogen and oxygen atoms in total. The Kier molecular flexibility index (Phi) is 6.13. The molecule has 3 rings (SSSR count). The van der Waals surface area contributed by atoms with E-state index in [2.05, 4.69) is 36.2 Å². The fourth-order valence-corrected chi connectivity index (χ4v) is 4.53. The second kappa shape index (κ2) is 8.33. The molecule has 4 heteroatoms. The van der Waals surface area contributed by atoms with E-state index >= 15 is 0 Å². The quantitative estimate of drug-likeness (QED) is 0.893. The average Bonchev–Trinajstić information content (AvgIpc) is 2.67. The molecule has 1 aromatic carbocycles. The lowest BCUT2D eigenvalue weighted by Crippen LogP contribution is -2.44. The van der Waals surface area contributed by atoms with Gasteiger partial charge in [0, 0.05) is 19.7 Å². The Hall–Kier alpha value is -1.39. The SMILES string of the molecule is CN(CC(=O)N(C)C1CCCc2ccccc21)C1CCC(CO)CC1. The van der Waals surface area contributed by atoms with Crippen LogP contribution in [0.3, 0.4) is 0 Å². The Morgan fingerprint density at radius 3 is 2.56 bits per heavy atom. The second-order valence-electron chi connectivity index (χ2n) is 7.88. The van der Waals surface area contributed by atoms with E-state index < -0.39 is 0 Å². The van der Waals surface area contributed by atoms with Gasteiger partial charge >= 0.3 is 0 Å². The summed E-state index contributed by atoms with van der Waals surface area (Å²) in [4.78, 5) is 17.1. The van der Waals surface area contributed by atoms with Crippen LogP contribution in [0.25, 0.3) is 0 Å². The van der Waals surface area contributed by atoms with Crippen molar-refractivity contribution in [2.24, 2.45) is 5.92 Å². The van der Waals surface area contributed by atoms with Gasteiger partial charge in [-0.2, -0.15) is 0 Å². The number of hydrogen-bond donors (Lipinski definition) is 1. The largest absolute Gasteiger partial charge is 0.396 e. The van der Waals surface area contributed by atoms with Gasteiger partial charge in [0.1, 0.15) is 0 Å². The molecule has 0 radical (unpaired) electrons. The molecule has 0 bridgehead atoms. The lowest BCUT2D eigenvalue weighted by Gasteiger charge is -2.37. The number of nitrogens with zero attached hydrogens (tertiary/aromatic N) is 2. The van der Waals surface area contributed by atoms with Crippen LogP contribution in [0.15, 0.2) is 24.3 Å². The van der Waals surface area contributed by atoms with Gasteiger partial charge in [-0.3, -0.25) is 9.69 Å². The van der Waals surface area contributed by atoms with Gasteiger partial charge in [-0.1, -0.05) is 24.3 Å². The van der Waals surface area contributed by atoms with Crippen molar-refractivity contribution in [3.63, 3.8) is 0 Å². The highest BCUT2D eigenvalue weighted by Crippen LogP contribution is 2.33. The summed E-state index contributed by atoms with van der Waals surface area (Å²) in [5.41, 5.74) is 2.73. The maximum absolute atomic E-state index is 12.9. The number of hydrogen-bond acceptors (Lipinski definition) is 3. The Balaban J connectivity index is 1.58. The van der Waals surface area contributed by atoms with Gasteiger partial charge in [0.25, 0.3) is 0 Å². The number of aryl methyl sites for hydroxylation is 1. The minimum atomic E-state index is 0.216. The Morgan fingerprint density at radius 2 is 1.84 bits per heavy atom. The number of rotatable bonds is 5. The van der Waals surface area contributed by atoms with E-state index in [4.69, 9.17) is 0 Å². The van der Waals surface area contributed by atoms with Crippen LogP contribution in [0.4, 0.5) is 0 Å². The van der Waals surface area contributed by atoms with Crippen LogP contribution in [0, 0.1) is 5.92 Å². The maximum Gasteiger partial charge on any atom is 0.237 e. The normalized spacial score (nSPS) is 26.3. The van der Waals surface area contributed by atoms with E-state index in [-0.39, 0.29) is 11.9 Å². The lowest BCUT2D eigenvalue weighted by atomic mass is 9.86. The Labute approximate surface area is 151 Å².